The summed E-state index contributed by atoms with van der Waals surface area (Å²) in [4.78, 5) is 59.0. The Morgan fingerprint density at radius 2 is 1.82 bits per heavy atom. The number of nitrogens with zero attached hydrogens (tertiary/aromatic N) is 2. The molecule has 0 aliphatic carbocycles. The van der Waals surface area contributed by atoms with E-state index in [4.69, 9.17) is 21.1 Å². The van der Waals surface area contributed by atoms with Gasteiger partial charge in [-0.1, -0.05) is 95.0 Å². The lowest BCUT2D eigenvalue weighted by Gasteiger charge is -2.37. The molecule has 50 heavy (non-hydrogen) atoms. The van der Waals surface area contributed by atoms with Crippen molar-refractivity contribution in [2.75, 3.05) is 31.2 Å². The number of hydrogen-bond acceptors (Lipinski definition) is 7. The van der Waals surface area contributed by atoms with Crippen LogP contribution in [-0.4, -0.2) is 82.6 Å². The second-order valence-corrected chi connectivity index (χ2v) is 14.6. The number of esters is 1. The number of fused-ring (bicyclic) bond motifs is 1. The van der Waals surface area contributed by atoms with Crippen LogP contribution in [0.2, 0.25) is 5.02 Å². The number of carbonyl (C=O) groups excluding carboxylic acids is 4. The predicted molar refractivity (Wildman–Crippen MR) is 195 cm³/mol. The molecule has 3 heterocycles. The van der Waals surface area contributed by atoms with Gasteiger partial charge < -0.3 is 29.7 Å². The zero-order valence-corrected chi connectivity index (χ0v) is 30.4. The maximum atomic E-state index is 14.8. The Bertz CT molecular complexity index is 1560. The SMILES string of the molecule is C=CCCC(=O)OC[C@@H](NC(=O)[C@@H]1[C@H]2O[C@@]3(CC2Br)[C@H](C(=O)N(CC=C)c2ccccc2Cl)N(CCCCCCO)C(=O)[C@@H]13)c1ccccc1. The highest BCUT2D eigenvalue weighted by Crippen LogP contribution is 2.60. The summed E-state index contributed by atoms with van der Waals surface area (Å²) in [6, 6.07) is 14.5. The highest BCUT2D eigenvalue weighted by Gasteiger charge is 2.76. The fourth-order valence-electron chi connectivity index (χ4n) is 7.59. The quantitative estimate of drug-likeness (QED) is 0.0885. The number of aliphatic hydroxyl groups is 1. The summed E-state index contributed by atoms with van der Waals surface area (Å²) in [5, 5.41) is 12.7. The van der Waals surface area contributed by atoms with Gasteiger partial charge in [-0.05, 0) is 43.4 Å². The van der Waals surface area contributed by atoms with E-state index in [0.29, 0.717) is 36.4 Å². The molecule has 268 valence electrons. The van der Waals surface area contributed by atoms with Crippen LogP contribution < -0.4 is 10.2 Å². The molecule has 3 fully saturated rings. The monoisotopic (exact) mass is 769 g/mol. The van der Waals surface area contributed by atoms with Gasteiger partial charge in [-0.3, -0.25) is 19.2 Å². The van der Waals surface area contributed by atoms with Crippen molar-refractivity contribution in [3.05, 3.63) is 90.5 Å². The van der Waals surface area contributed by atoms with E-state index in [1.807, 2.05) is 30.3 Å². The fourth-order valence-corrected chi connectivity index (χ4v) is 8.77. The van der Waals surface area contributed by atoms with Crippen LogP contribution in [0.3, 0.4) is 0 Å². The molecular weight excluding hydrogens is 726 g/mol. The highest BCUT2D eigenvalue weighted by atomic mass is 79.9. The first-order valence-corrected chi connectivity index (χ1v) is 18.5. The van der Waals surface area contributed by atoms with E-state index in [1.54, 1.807) is 41.3 Å². The Kier molecular flexibility index (Phi) is 12.9. The smallest absolute Gasteiger partial charge is 0.306 e. The minimum atomic E-state index is -1.28. The van der Waals surface area contributed by atoms with Crippen molar-refractivity contribution in [3.8, 4) is 0 Å². The second-order valence-electron chi connectivity index (χ2n) is 13.0. The molecule has 1 spiro atoms. The number of amides is 3. The lowest BCUT2D eigenvalue weighted by atomic mass is 9.70. The molecule has 3 aliphatic heterocycles. The first-order chi connectivity index (χ1) is 24.2. The Morgan fingerprint density at radius 1 is 1.10 bits per heavy atom. The van der Waals surface area contributed by atoms with E-state index in [0.717, 1.165) is 18.4 Å². The molecule has 5 rings (SSSR count). The maximum Gasteiger partial charge on any atom is 0.306 e. The zero-order valence-electron chi connectivity index (χ0n) is 28.1. The van der Waals surface area contributed by atoms with Crippen LogP contribution in [-0.2, 0) is 28.7 Å². The molecule has 3 amide bonds. The molecule has 1 unspecified atom stereocenters. The molecule has 3 saturated heterocycles. The van der Waals surface area contributed by atoms with E-state index in [2.05, 4.69) is 34.4 Å². The van der Waals surface area contributed by atoms with Crippen molar-refractivity contribution >= 4 is 56.9 Å². The van der Waals surface area contributed by atoms with Gasteiger partial charge in [0, 0.05) is 30.9 Å². The number of aliphatic hydroxyl groups excluding tert-OH is 1. The molecule has 7 atom stereocenters. The average molecular weight is 771 g/mol. The van der Waals surface area contributed by atoms with E-state index in [1.165, 1.54) is 4.90 Å². The number of unbranched alkanes of at least 4 members (excludes halogenated alkanes) is 3. The number of rotatable bonds is 18. The van der Waals surface area contributed by atoms with Gasteiger partial charge in [0.2, 0.25) is 11.8 Å². The standard InChI is InChI=1S/C38H45BrClN3O7/c1-3-5-19-30(45)49-24-28(25-15-9-8-10-16-25)41-35(46)31-32-36(47)43(21-13-6-7-14-22-44)34(38(32)23-26(39)33(31)50-38)37(48)42(20-4-2)29-18-12-11-17-27(29)40/h3-4,8-12,15-18,26,28,31-34,44H,1-2,5-7,13-14,19-24H2,(H,41,46)/t26?,28-,31+,32-,33+,34+,38-/m1/s1. The Hall–Kier alpha value is -3.51. The lowest BCUT2D eigenvalue weighted by molar-refractivity contribution is -0.145. The molecule has 2 bridgehead atoms. The molecule has 0 radical (unpaired) electrons. The average Bonchev–Trinajstić information content (AvgIpc) is 3.71. The van der Waals surface area contributed by atoms with Crippen molar-refractivity contribution < 1.29 is 33.8 Å². The van der Waals surface area contributed by atoms with Crippen molar-refractivity contribution in [2.24, 2.45) is 11.8 Å². The van der Waals surface area contributed by atoms with Gasteiger partial charge in [0.05, 0.1) is 34.7 Å². The third-order valence-electron chi connectivity index (χ3n) is 9.84. The van der Waals surface area contributed by atoms with Crippen LogP contribution in [0.4, 0.5) is 5.69 Å². The largest absolute Gasteiger partial charge is 0.463 e. The topological polar surface area (TPSA) is 125 Å². The van der Waals surface area contributed by atoms with Crippen molar-refractivity contribution in [1.82, 2.24) is 10.2 Å². The molecule has 0 aromatic heterocycles. The normalized spacial score (nSPS) is 25.5. The molecule has 0 saturated carbocycles. The summed E-state index contributed by atoms with van der Waals surface area (Å²) in [5.41, 5.74) is -0.0540. The lowest BCUT2D eigenvalue weighted by Crippen LogP contribution is -2.57. The number of benzene rings is 2. The van der Waals surface area contributed by atoms with Crippen molar-refractivity contribution in [1.29, 1.82) is 0 Å². The number of carbonyl (C=O) groups is 4. The van der Waals surface area contributed by atoms with Gasteiger partial charge in [0.1, 0.15) is 18.2 Å². The second kappa shape index (κ2) is 17.1. The first-order valence-electron chi connectivity index (χ1n) is 17.2. The number of anilines is 1. The number of ether oxygens (including phenoxy) is 2. The number of hydrogen-bond donors (Lipinski definition) is 2. The summed E-state index contributed by atoms with van der Waals surface area (Å²) in [6.45, 7) is 7.93. The van der Waals surface area contributed by atoms with E-state index in [9.17, 15) is 24.3 Å². The third kappa shape index (κ3) is 7.71. The van der Waals surface area contributed by atoms with Gasteiger partial charge in [-0.2, -0.15) is 0 Å². The number of alkyl halides is 1. The molecule has 3 aliphatic rings. The van der Waals surface area contributed by atoms with Crippen LogP contribution in [0, 0.1) is 11.8 Å². The summed E-state index contributed by atoms with van der Waals surface area (Å²) >= 11 is 10.3. The van der Waals surface area contributed by atoms with Gasteiger partial charge in [0.25, 0.3) is 5.91 Å². The summed E-state index contributed by atoms with van der Waals surface area (Å²) in [7, 11) is 0. The third-order valence-corrected chi connectivity index (χ3v) is 11.0. The van der Waals surface area contributed by atoms with Gasteiger partial charge in [-0.15, -0.1) is 13.2 Å². The Morgan fingerprint density at radius 3 is 2.52 bits per heavy atom. The predicted octanol–water partition coefficient (Wildman–Crippen LogP) is 5.53. The van der Waals surface area contributed by atoms with Crippen LogP contribution >= 0.6 is 27.5 Å². The van der Waals surface area contributed by atoms with Crippen LogP contribution in [0.5, 0.6) is 0 Å². The highest BCUT2D eigenvalue weighted by molar-refractivity contribution is 9.09. The molecule has 12 heteroatoms. The number of para-hydroxylation sites is 1. The Balaban J connectivity index is 1.47. The molecular formula is C38H45BrClN3O7. The van der Waals surface area contributed by atoms with Gasteiger partial charge >= 0.3 is 5.97 Å². The summed E-state index contributed by atoms with van der Waals surface area (Å²) in [6.07, 6.45) is 6.35. The van der Waals surface area contributed by atoms with Crippen LogP contribution in [0.15, 0.2) is 79.9 Å². The van der Waals surface area contributed by atoms with Crippen LogP contribution in [0.1, 0.15) is 56.6 Å². The number of nitrogens with one attached hydrogen (secondary N) is 1. The fraction of sp³-hybridized carbons (Fsp3) is 0.474. The van der Waals surface area contributed by atoms with Crippen molar-refractivity contribution in [2.45, 2.75) is 73.6 Å². The zero-order chi connectivity index (χ0) is 35.8. The molecule has 2 aromatic rings. The van der Waals surface area contributed by atoms with Crippen LogP contribution in [0.25, 0.3) is 0 Å². The number of likely N-dealkylation sites (tertiary alicyclic amines) is 1. The van der Waals surface area contributed by atoms with E-state index in [-0.39, 0.29) is 49.4 Å². The first kappa shape index (κ1) is 37.7. The van der Waals surface area contributed by atoms with E-state index < -0.39 is 47.5 Å². The minimum Gasteiger partial charge on any atom is -0.463 e. The van der Waals surface area contributed by atoms with E-state index >= 15 is 0 Å². The van der Waals surface area contributed by atoms with Gasteiger partial charge in [-0.25, -0.2) is 0 Å². The molecule has 2 N–H and O–H groups in total. The number of halogens is 2. The molecule has 2 aromatic carbocycles. The summed E-state index contributed by atoms with van der Waals surface area (Å²) < 4.78 is 12.3. The summed E-state index contributed by atoms with van der Waals surface area (Å²) in [5.74, 6) is -3.33. The Labute approximate surface area is 306 Å². The molecule has 10 nitrogen and oxygen atoms in total. The van der Waals surface area contributed by atoms with Gasteiger partial charge in [0.15, 0.2) is 0 Å². The minimum absolute atomic E-state index is 0.0833. The van der Waals surface area contributed by atoms with Crippen molar-refractivity contribution in [3.63, 3.8) is 0 Å². The maximum absolute atomic E-state index is 14.8. The number of allylic oxidation sites excluding steroid dienone is 1.